The second kappa shape index (κ2) is 30.4. The molecule has 34 heavy (non-hydrogen) atoms. The van der Waals surface area contributed by atoms with Gasteiger partial charge in [0.15, 0.2) is 0 Å². The number of esters is 1. The van der Waals surface area contributed by atoms with Crippen LogP contribution < -0.4 is 0 Å². The van der Waals surface area contributed by atoms with E-state index in [9.17, 15) is 4.79 Å². The minimum absolute atomic E-state index is 0.0864. The van der Waals surface area contributed by atoms with Crippen molar-refractivity contribution in [3.63, 3.8) is 0 Å². The molecule has 0 aliphatic heterocycles. The van der Waals surface area contributed by atoms with Crippen molar-refractivity contribution in [2.45, 2.75) is 155 Å². The summed E-state index contributed by atoms with van der Waals surface area (Å²) in [7, 11) is 0. The summed E-state index contributed by atoms with van der Waals surface area (Å²) in [5.41, 5.74) is 0. The van der Waals surface area contributed by atoms with E-state index in [1.54, 1.807) is 0 Å². The Morgan fingerprint density at radius 3 is 1.21 bits per heavy atom. The first kappa shape index (κ1) is 33.4. The van der Waals surface area contributed by atoms with Gasteiger partial charge < -0.3 is 14.2 Å². The van der Waals surface area contributed by atoms with Crippen molar-refractivity contribution in [1.29, 1.82) is 0 Å². The molecule has 0 bridgehead atoms. The molecule has 0 aliphatic rings. The normalized spacial score (nSPS) is 11.2. The van der Waals surface area contributed by atoms with Crippen molar-refractivity contribution in [2.75, 3.05) is 33.0 Å². The summed E-state index contributed by atoms with van der Waals surface area (Å²) >= 11 is 0. The van der Waals surface area contributed by atoms with Crippen LogP contribution in [-0.4, -0.2) is 39.0 Å². The molecular weight excluding hydrogens is 424 g/mol. The van der Waals surface area contributed by atoms with E-state index in [-0.39, 0.29) is 5.97 Å². The van der Waals surface area contributed by atoms with Gasteiger partial charge in [0, 0.05) is 19.6 Å². The Bertz CT molecular complexity index is 386. The maximum Gasteiger partial charge on any atom is 0.305 e. The number of hydrogen-bond acceptors (Lipinski definition) is 4. The molecule has 0 radical (unpaired) electrons. The van der Waals surface area contributed by atoms with Crippen molar-refractivity contribution in [3.05, 3.63) is 0 Å². The number of carbonyl (C=O) groups is 1. The van der Waals surface area contributed by atoms with E-state index in [1.165, 1.54) is 116 Å². The predicted molar refractivity (Wildman–Crippen MR) is 146 cm³/mol. The van der Waals surface area contributed by atoms with Gasteiger partial charge in [-0.3, -0.25) is 4.79 Å². The smallest absolute Gasteiger partial charge is 0.305 e. The lowest BCUT2D eigenvalue weighted by atomic mass is 10.1. The highest BCUT2D eigenvalue weighted by Crippen LogP contribution is 2.11. The van der Waals surface area contributed by atoms with Gasteiger partial charge in [0.1, 0.15) is 0 Å². The zero-order chi connectivity index (χ0) is 24.8. The van der Waals surface area contributed by atoms with Crippen LogP contribution in [0.3, 0.4) is 0 Å². The summed E-state index contributed by atoms with van der Waals surface area (Å²) in [5, 5.41) is 0. The fourth-order valence-electron chi connectivity index (χ4n) is 4.18. The van der Waals surface area contributed by atoms with E-state index < -0.39 is 0 Å². The summed E-state index contributed by atoms with van der Waals surface area (Å²) in [4.78, 5) is 11.8. The molecule has 0 rings (SSSR count). The summed E-state index contributed by atoms with van der Waals surface area (Å²) in [6.07, 6.45) is 27.6. The van der Waals surface area contributed by atoms with Gasteiger partial charge in [0.05, 0.1) is 19.8 Å². The second-order valence-corrected chi connectivity index (χ2v) is 9.91. The molecule has 0 aromatic rings. The van der Waals surface area contributed by atoms with Gasteiger partial charge in [-0.05, 0) is 19.3 Å². The Morgan fingerprint density at radius 2 is 0.765 bits per heavy atom. The Kier molecular flexibility index (Phi) is 29.9. The van der Waals surface area contributed by atoms with Crippen molar-refractivity contribution in [1.82, 2.24) is 0 Å². The third kappa shape index (κ3) is 29.4. The van der Waals surface area contributed by atoms with Crippen LogP contribution in [0.5, 0.6) is 0 Å². The molecule has 0 spiro atoms. The first-order valence-electron chi connectivity index (χ1n) is 15.1. The quantitative estimate of drug-likeness (QED) is 0.0784. The SMILES string of the molecule is CCCCCCCCCCCCOCCOCCCC(=O)OCCCCCCCCCCCC. The third-order valence-electron chi connectivity index (χ3n) is 6.44. The maximum atomic E-state index is 11.8. The monoisotopic (exact) mass is 484 g/mol. The number of rotatable bonds is 29. The minimum Gasteiger partial charge on any atom is -0.466 e. The van der Waals surface area contributed by atoms with Crippen LogP contribution in [0, 0.1) is 0 Å². The van der Waals surface area contributed by atoms with Gasteiger partial charge in [0.25, 0.3) is 0 Å². The molecule has 204 valence electrons. The Balaban J connectivity index is 3.13. The fraction of sp³-hybridized carbons (Fsp3) is 0.967. The van der Waals surface area contributed by atoms with Gasteiger partial charge in [-0.2, -0.15) is 0 Å². The molecule has 0 unspecified atom stereocenters. The summed E-state index contributed by atoms with van der Waals surface area (Å²) in [6.45, 7) is 7.82. The highest BCUT2D eigenvalue weighted by molar-refractivity contribution is 5.69. The summed E-state index contributed by atoms with van der Waals surface area (Å²) in [6, 6.07) is 0. The molecule has 0 saturated carbocycles. The van der Waals surface area contributed by atoms with E-state index in [0.29, 0.717) is 32.8 Å². The van der Waals surface area contributed by atoms with Crippen LogP contribution in [0.25, 0.3) is 0 Å². The van der Waals surface area contributed by atoms with E-state index in [2.05, 4.69) is 13.8 Å². The van der Waals surface area contributed by atoms with E-state index in [1.807, 2.05) is 0 Å². The number of unbranched alkanes of at least 4 members (excludes halogenated alkanes) is 18. The zero-order valence-corrected chi connectivity index (χ0v) is 23.2. The summed E-state index contributed by atoms with van der Waals surface area (Å²) in [5.74, 6) is -0.0864. The summed E-state index contributed by atoms with van der Waals surface area (Å²) < 4.78 is 16.5. The number of ether oxygens (including phenoxy) is 3. The molecule has 4 nitrogen and oxygen atoms in total. The van der Waals surface area contributed by atoms with Gasteiger partial charge in [-0.15, -0.1) is 0 Å². The molecule has 0 atom stereocenters. The first-order chi connectivity index (χ1) is 16.8. The van der Waals surface area contributed by atoms with Crippen LogP contribution in [0.2, 0.25) is 0 Å². The molecule has 0 aromatic heterocycles. The van der Waals surface area contributed by atoms with Gasteiger partial charge in [0.2, 0.25) is 0 Å². The molecule has 0 N–H and O–H groups in total. The van der Waals surface area contributed by atoms with E-state index in [0.717, 1.165) is 25.9 Å². The van der Waals surface area contributed by atoms with Crippen molar-refractivity contribution < 1.29 is 19.0 Å². The van der Waals surface area contributed by atoms with Crippen LogP contribution in [0.15, 0.2) is 0 Å². The highest BCUT2D eigenvalue weighted by atomic mass is 16.5. The lowest BCUT2D eigenvalue weighted by Gasteiger charge is -2.07. The van der Waals surface area contributed by atoms with E-state index >= 15 is 0 Å². The highest BCUT2D eigenvalue weighted by Gasteiger charge is 2.02. The molecular formula is C30H60O4. The van der Waals surface area contributed by atoms with Crippen LogP contribution in [0.1, 0.15) is 155 Å². The maximum absolute atomic E-state index is 11.8. The van der Waals surface area contributed by atoms with Crippen LogP contribution >= 0.6 is 0 Å². The Labute approximate surface area is 213 Å². The number of carbonyl (C=O) groups excluding carboxylic acids is 1. The molecule has 4 heteroatoms. The topological polar surface area (TPSA) is 44.8 Å². The van der Waals surface area contributed by atoms with Gasteiger partial charge >= 0.3 is 5.97 Å². The zero-order valence-electron chi connectivity index (χ0n) is 23.2. The molecule has 0 amide bonds. The van der Waals surface area contributed by atoms with Crippen molar-refractivity contribution in [2.24, 2.45) is 0 Å². The molecule has 0 fully saturated rings. The largest absolute Gasteiger partial charge is 0.466 e. The molecule has 0 heterocycles. The lowest BCUT2D eigenvalue weighted by molar-refractivity contribution is -0.144. The van der Waals surface area contributed by atoms with Gasteiger partial charge in [-0.25, -0.2) is 0 Å². The van der Waals surface area contributed by atoms with Gasteiger partial charge in [-0.1, -0.05) is 129 Å². The molecule has 0 saturated heterocycles. The standard InChI is InChI=1S/C30H60O4/c1-3-5-7-9-11-13-15-17-19-21-25-32-28-29-33-26-23-24-30(31)34-27-22-20-18-16-14-12-10-8-6-4-2/h3-29H2,1-2H3. The molecule has 0 aliphatic carbocycles. The Hall–Kier alpha value is -0.610. The predicted octanol–water partition coefficient (Wildman–Crippen LogP) is 9.18. The average Bonchev–Trinajstić information content (AvgIpc) is 2.84. The minimum atomic E-state index is -0.0864. The first-order valence-corrected chi connectivity index (χ1v) is 15.1. The third-order valence-corrected chi connectivity index (χ3v) is 6.44. The number of hydrogen-bond donors (Lipinski definition) is 0. The second-order valence-electron chi connectivity index (χ2n) is 9.91. The van der Waals surface area contributed by atoms with Crippen molar-refractivity contribution >= 4 is 5.97 Å². The van der Waals surface area contributed by atoms with E-state index in [4.69, 9.17) is 14.2 Å². The van der Waals surface area contributed by atoms with Crippen LogP contribution in [0.4, 0.5) is 0 Å². The fourth-order valence-corrected chi connectivity index (χ4v) is 4.18. The average molecular weight is 485 g/mol. The molecule has 0 aromatic carbocycles. The lowest BCUT2D eigenvalue weighted by Crippen LogP contribution is -2.09. The van der Waals surface area contributed by atoms with Crippen molar-refractivity contribution in [3.8, 4) is 0 Å². The Morgan fingerprint density at radius 1 is 0.412 bits per heavy atom. The van der Waals surface area contributed by atoms with Crippen LogP contribution in [-0.2, 0) is 19.0 Å².